The monoisotopic (exact) mass is 258 g/mol. The van der Waals surface area contributed by atoms with Gasteiger partial charge in [-0.3, -0.25) is 9.89 Å². The lowest BCUT2D eigenvalue weighted by atomic mass is 9.98. The van der Waals surface area contributed by atoms with Crippen LogP contribution < -0.4 is 5.56 Å². The molecule has 1 aliphatic carbocycles. The first-order valence-corrected chi connectivity index (χ1v) is 6.33. The lowest BCUT2D eigenvalue weighted by Gasteiger charge is -2.07. The molecular weight excluding hydrogens is 244 g/mol. The zero-order valence-electron chi connectivity index (χ0n) is 10.3. The van der Waals surface area contributed by atoms with Crippen molar-refractivity contribution in [1.29, 1.82) is 0 Å². The number of rotatable bonds is 2. The smallest absolute Gasteiger partial charge is 0.335 e. The van der Waals surface area contributed by atoms with E-state index >= 15 is 0 Å². The molecule has 19 heavy (non-hydrogen) atoms. The summed E-state index contributed by atoms with van der Waals surface area (Å²) in [5.41, 5.74) is 2.51. The third-order valence-corrected chi connectivity index (χ3v) is 3.53. The number of nitrogens with one attached hydrogen (secondary N) is 1. The summed E-state index contributed by atoms with van der Waals surface area (Å²) in [5, 5.41) is 12.1. The van der Waals surface area contributed by atoms with Gasteiger partial charge in [0.25, 0.3) is 5.56 Å². The van der Waals surface area contributed by atoms with E-state index in [1.165, 1.54) is 16.8 Å². The molecule has 0 radical (unpaired) electrons. The summed E-state index contributed by atoms with van der Waals surface area (Å²) in [4.78, 5) is 23.2. The Kier molecular flexibility index (Phi) is 2.74. The zero-order chi connectivity index (χ0) is 13.4. The van der Waals surface area contributed by atoms with E-state index in [2.05, 4.69) is 5.10 Å². The first-order valence-electron chi connectivity index (χ1n) is 6.33. The van der Waals surface area contributed by atoms with Crippen molar-refractivity contribution in [2.24, 2.45) is 0 Å². The van der Waals surface area contributed by atoms with Crippen LogP contribution in [0.4, 0.5) is 0 Å². The molecule has 0 saturated heterocycles. The van der Waals surface area contributed by atoms with Gasteiger partial charge in [-0.15, -0.1) is 0 Å². The highest BCUT2D eigenvalue weighted by molar-refractivity contribution is 5.88. The van der Waals surface area contributed by atoms with Crippen molar-refractivity contribution in [3.63, 3.8) is 0 Å². The van der Waals surface area contributed by atoms with Crippen LogP contribution in [-0.2, 0) is 12.8 Å². The lowest BCUT2D eigenvalue weighted by molar-refractivity contribution is 0.0697. The van der Waals surface area contributed by atoms with Gasteiger partial charge in [-0.25, -0.2) is 9.48 Å². The lowest BCUT2D eigenvalue weighted by Crippen LogP contribution is -2.18. The molecule has 1 aliphatic rings. The molecular formula is C14H14N2O3. The van der Waals surface area contributed by atoms with E-state index in [0.717, 1.165) is 36.9 Å². The van der Waals surface area contributed by atoms with Gasteiger partial charge in [0.05, 0.1) is 11.3 Å². The number of aromatic nitrogens is 2. The number of nitrogens with zero attached hydrogens (tertiary/aromatic N) is 1. The van der Waals surface area contributed by atoms with Gasteiger partial charge < -0.3 is 5.11 Å². The molecule has 2 N–H and O–H groups in total. The number of hydrogen-bond donors (Lipinski definition) is 2. The highest BCUT2D eigenvalue weighted by Gasteiger charge is 2.18. The highest BCUT2D eigenvalue weighted by Crippen LogP contribution is 2.18. The fraction of sp³-hybridized carbons (Fsp3) is 0.286. The first kappa shape index (κ1) is 11.8. The number of aryl methyl sites for hydroxylation is 1. The van der Waals surface area contributed by atoms with Crippen molar-refractivity contribution in [3.8, 4) is 5.69 Å². The van der Waals surface area contributed by atoms with Gasteiger partial charge in [-0.1, -0.05) is 6.07 Å². The standard InChI is InChI=1S/C14H14N2O3/c17-13-11-6-1-2-7-12(11)15-16(13)10-5-3-4-9(8-10)14(18)19/h3-5,8,15H,1-2,6-7H2,(H,18,19). The van der Waals surface area contributed by atoms with Crippen LogP contribution in [0.2, 0.25) is 0 Å². The molecule has 1 aromatic heterocycles. The second kappa shape index (κ2) is 4.42. The molecule has 0 bridgehead atoms. The van der Waals surface area contributed by atoms with Gasteiger partial charge in [0.15, 0.2) is 0 Å². The molecule has 0 aliphatic heterocycles. The third kappa shape index (κ3) is 1.97. The van der Waals surface area contributed by atoms with E-state index < -0.39 is 5.97 Å². The number of carboxylic acids is 1. The number of H-pyrrole nitrogens is 1. The summed E-state index contributed by atoms with van der Waals surface area (Å²) in [5.74, 6) is -0.994. The average molecular weight is 258 g/mol. The second-order valence-corrected chi connectivity index (χ2v) is 4.77. The van der Waals surface area contributed by atoms with Crippen LogP contribution in [0, 0.1) is 0 Å². The minimum atomic E-state index is -0.994. The maximum absolute atomic E-state index is 12.3. The molecule has 0 unspecified atom stereocenters. The number of fused-ring (bicyclic) bond motifs is 1. The normalized spacial score (nSPS) is 14.1. The molecule has 3 rings (SSSR count). The van der Waals surface area contributed by atoms with E-state index in [0.29, 0.717) is 5.69 Å². The Morgan fingerprint density at radius 2 is 2.05 bits per heavy atom. The zero-order valence-corrected chi connectivity index (χ0v) is 10.3. The van der Waals surface area contributed by atoms with Crippen LogP contribution in [0.5, 0.6) is 0 Å². The van der Waals surface area contributed by atoms with E-state index in [1.807, 2.05) is 0 Å². The summed E-state index contributed by atoms with van der Waals surface area (Å²) in [7, 11) is 0. The molecule has 0 atom stereocenters. The maximum atomic E-state index is 12.3. The minimum absolute atomic E-state index is 0.0581. The van der Waals surface area contributed by atoms with Crippen LogP contribution in [0.15, 0.2) is 29.1 Å². The Balaban J connectivity index is 2.12. The van der Waals surface area contributed by atoms with E-state index in [-0.39, 0.29) is 11.1 Å². The van der Waals surface area contributed by atoms with Gasteiger partial charge in [-0.05, 0) is 43.9 Å². The average Bonchev–Trinajstić information content (AvgIpc) is 2.77. The number of carbonyl (C=O) groups is 1. The van der Waals surface area contributed by atoms with Crippen molar-refractivity contribution in [2.45, 2.75) is 25.7 Å². The van der Waals surface area contributed by atoms with E-state index in [4.69, 9.17) is 5.11 Å². The largest absolute Gasteiger partial charge is 0.478 e. The van der Waals surface area contributed by atoms with Gasteiger partial charge in [0.1, 0.15) is 0 Å². The predicted molar refractivity (Wildman–Crippen MR) is 70.0 cm³/mol. The predicted octanol–water partition coefficient (Wildman–Crippen LogP) is 1.74. The number of hydrogen-bond acceptors (Lipinski definition) is 2. The van der Waals surface area contributed by atoms with Crippen molar-refractivity contribution >= 4 is 5.97 Å². The van der Waals surface area contributed by atoms with Gasteiger partial charge in [0, 0.05) is 11.3 Å². The molecule has 0 fully saturated rings. The number of benzene rings is 1. The molecule has 1 heterocycles. The molecule has 0 amide bonds. The molecule has 0 saturated carbocycles. The second-order valence-electron chi connectivity index (χ2n) is 4.77. The molecule has 98 valence electrons. The van der Waals surface area contributed by atoms with Crippen molar-refractivity contribution in [1.82, 2.24) is 9.78 Å². The summed E-state index contributed by atoms with van der Waals surface area (Å²) in [6, 6.07) is 6.40. The summed E-state index contributed by atoms with van der Waals surface area (Å²) in [6.45, 7) is 0. The van der Waals surface area contributed by atoms with Crippen molar-refractivity contribution in [3.05, 3.63) is 51.4 Å². The van der Waals surface area contributed by atoms with E-state index in [9.17, 15) is 9.59 Å². The minimum Gasteiger partial charge on any atom is -0.478 e. The Hall–Kier alpha value is -2.30. The Labute approximate surface area is 109 Å². The summed E-state index contributed by atoms with van der Waals surface area (Å²) >= 11 is 0. The summed E-state index contributed by atoms with van der Waals surface area (Å²) in [6.07, 6.45) is 3.81. The quantitative estimate of drug-likeness (QED) is 0.861. The Bertz CT molecular complexity index is 697. The third-order valence-electron chi connectivity index (χ3n) is 3.53. The summed E-state index contributed by atoms with van der Waals surface area (Å²) < 4.78 is 1.45. The van der Waals surface area contributed by atoms with Crippen LogP contribution in [0.25, 0.3) is 5.69 Å². The van der Waals surface area contributed by atoms with E-state index in [1.54, 1.807) is 12.1 Å². The molecule has 2 aromatic rings. The Morgan fingerprint density at radius 3 is 2.79 bits per heavy atom. The van der Waals surface area contributed by atoms with Crippen LogP contribution in [0.1, 0.15) is 34.5 Å². The number of aromatic carboxylic acids is 1. The van der Waals surface area contributed by atoms with Crippen LogP contribution in [-0.4, -0.2) is 20.9 Å². The SMILES string of the molecule is O=C(O)c1cccc(-n2[nH]c3c(c2=O)CCCC3)c1. The fourth-order valence-electron chi connectivity index (χ4n) is 2.55. The molecule has 1 aromatic carbocycles. The first-order chi connectivity index (χ1) is 9.16. The Morgan fingerprint density at radius 1 is 1.26 bits per heavy atom. The van der Waals surface area contributed by atoms with Crippen molar-refractivity contribution < 1.29 is 9.90 Å². The van der Waals surface area contributed by atoms with Crippen LogP contribution in [0.3, 0.4) is 0 Å². The van der Waals surface area contributed by atoms with Gasteiger partial charge in [0.2, 0.25) is 0 Å². The van der Waals surface area contributed by atoms with Crippen LogP contribution >= 0.6 is 0 Å². The van der Waals surface area contributed by atoms with Gasteiger partial charge in [-0.2, -0.15) is 0 Å². The fourth-order valence-corrected chi connectivity index (χ4v) is 2.55. The van der Waals surface area contributed by atoms with Crippen molar-refractivity contribution in [2.75, 3.05) is 0 Å². The highest BCUT2D eigenvalue weighted by atomic mass is 16.4. The molecule has 5 heteroatoms. The number of aromatic amines is 1. The number of carboxylic acid groups (broad SMARTS) is 1. The topological polar surface area (TPSA) is 75.1 Å². The molecule has 0 spiro atoms. The maximum Gasteiger partial charge on any atom is 0.335 e. The molecule has 5 nitrogen and oxygen atoms in total. The van der Waals surface area contributed by atoms with Gasteiger partial charge >= 0.3 is 5.97 Å².